The second-order valence-electron chi connectivity index (χ2n) is 7.86. The predicted octanol–water partition coefficient (Wildman–Crippen LogP) is 3.15. The van der Waals surface area contributed by atoms with Gasteiger partial charge in [-0.15, -0.1) is 0 Å². The van der Waals surface area contributed by atoms with Crippen LogP contribution in [0.5, 0.6) is 5.75 Å². The molecule has 8 nitrogen and oxygen atoms in total. The van der Waals surface area contributed by atoms with Gasteiger partial charge in [-0.2, -0.15) is 4.39 Å². The van der Waals surface area contributed by atoms with Crippen molar-refractivity contribution in [3.63, 3.8) is 0 Å². The SMILES string of the molecule is CC1c2cnc(-c3ncccn3)nc2CCN1c1cc(F)c(F)c(OCCCS(C)(=O)=O)c1. The molecule has 4 rings (SSSR count). The molecule has 0 amide bonds. The van der Waals surface area contributed by atoms with E-state index in [1.165, 1.54) is 6.07 Å². The number of rotatable bonds is 7. The number of sulfone groups is 1. The van der Waals surface area contributed by atoms with Crippen LogP contribution >= 0.6 is 0 Å². The summed E-state index contributed by atoms with van der Waals surface area (Å²) in [5.41, 5.74) is 2.19. The third kappa shape index (κ3) is 5.24. The van der Waals surface area contributed by atoms with E-state index in [0.717, 1.165) is 23.6 Å². The molecule has 0 fully saturated rings. The summed E-state index contributed by atoms with van der Waals surface area (Å²) in [6, 6.07) is 4.09. The zero-order valence-electron chi connectivity index (χ0n) is 18.2. The van der Waals surface area contributed by atoms with E-state index >= 15 is 0 Å². The van der Waals surface area contributed by atoms with Crippen LogP contribution in [0.2, 0.25) is 0 Å². The molecule has 1 aliphatic rings. The lowest BCUT2D eigenvalue weighted by atomic mass is 9.98. The summed E-state index contributed by atoms with van der Waals surface area (Å²) >= 11 is 0. The Morgan fingerprint density at radius 1 is 1.15 bits per heavy atom. The van der Waals surface area contributed by atoms with Gasteiger partial charge in [0.25, 0.3) is 0 Å². The number of hydrogen-bond donors (Lipinski definition) is 0. The van der Waals surface area contributed by atoms with E-state index in [4.69, 9.17) is 4.74 Å². The summed E-state index contributed by atoms with van der Waals surface area (Å²) in [6.45, 7) is 2.43. The predicted molar refractivity (Wildman–Crippen MR) is 119 cm³/mol. The molecule has 0 N–H and O–H groups in total. The van der Waals surface area contributed by atoms with Crippen LogP contribution in [0.4, 0.5) is 14.5 Å². The first-order chi connectivity index (χ1) is 15.7. The molecule has 1 aliphatic heterocycles. The van der Waals surface area contributed by atoms with Crippen molar-refractivity contribution >= 4 is 15.5 Å². The van der Waals surface area contributed by atoms with E-state index in [9.17, 15) is 17.2 Å². The zero-order chi connectivity index (χ0) is 23.6. The summed E-state index contributed by atoms with van der Waals surface area (Å²) in [7, 11) is -3.15. The smallest absolute Gasteiger partial charge is 0.200 e. The Hall–Kier alpha value is -3.21. The van der Waals surface area contributed by atoms with Gasteiger partial charge < -0.3 is 9.64 Å². The van der Waals surface area contributed by atoms with Crippen molar-refractivity contribution in [1.29, 1.82) is 0 Å². The molecule has 33 heavy (non-hydrogen) atoms. The zero-order valence-corrected chi connectivity index (χ0v) is 19.0. The molecule has 174 valence electrons. The van der Waals surface area contributed by atoms with Crippen molar-refractivity contribution in [2.75, 3.05) is 30.1 Å². The molecule has 0 radical (unpaired) electrons. The van der Waals surface area contributed by atoms with Gasteiger partial charge in [0.15, 0.2) is 23.2 Å². The second kappa shape index (κ2) is 9.34. The van der Waals surface area contributed by atoms with Crippen molar-refractivity contribution in [2.45, 2.75) is 25.8 Å². The number of aromatic nitrogens is 4. The molecule has 0 saturated heterocycles. The minimum absolute atomic E-state index is 0.0382. The van der Waals surface area contributed by atoms with Gasteiger partial charge in [-0.1, -0.05) is 0 Å². The maximum Gasteiger partial charge on any atom is 0.200 e. The summed E-state index contributed by atoms with van der Waals surface area (Å²) in [4.78, 5) is 19.3. The van der Waals surface area contributed by atoms with Crippen LogP contribution in [0, 0.1) is 11.6 Å². The molecular formula is C22H23F2N5O3S. The first kappa shape index (κ1) is 23.0. The van der Waals surface area contributed by atoms with E-state index in [-0.39, 0.29) is 30.6 Å². The highest BCUT2D eigenvalue weighted by Gasteiger charge is 2.28. The van der Waals surface area contributed by atoms with Crippen molar-refractivity contribution in [3.8, 4) is 17.4 Å². The van der Waals surface area contributed by atoms with Crippen LogP contribution in [-0.2, 0) is 16.3 Å². The maximum absolute atomic E-state index is 14.3. The lowest BCUT2D eigenvalue weighted by Crippen LogP contribution is -2.35. The Kier molecular flexibility index (Phi) is 6.50. The number of anilines is 1. The van der Waals surface area contributed by atoms with Crippen LogP contribution in [0.3, 0.4) is 0 Å². The monoisotopic (exact) mass is 475 g/mol. The maximum atomic E-state index is 14.3. The van der Waals surface area contributed by atoms with Gasteiger partial charge in [0.1, 0.15) is 9.84 Å². The Balaban J connectivity index is 1.55. The van der Waals surface area contributed by atoms with Crippen molar-refractivity contribution in [1.82, 2.24) is 19.9 Å². The first-order valence-corrected chi connectivity index (χ1v) is 12.5. The average molecular weight is 476 g/mol. The Bertz CT molecular complexity index is 1260. The highest BCUT2D eigenvalue weighted by molar-refractivity contribution is 7.90. The molecule has 1 aromatic carbocycles. The summed E-state index contributed by atoms with van der Waals surface area (Å²) < 4.78 is 56.5. The number of halogens is 2. The fourth-order valence-corrected chi connectivity index (χ4v) is 4.41. The Morgan fingerprint density at radius 3 is 2.64 bits per heavy atom. The van der Waals surface area contributed by atoms with Crippen molar-refractivity contribution < 1.29 is 21.9 Å². The standard InChI is InChI=1S/C22H23F2N5O3S/c1-14-16-13-27-22(21-25-6-3-7-26-21)28-18(16)5-8-29(14)15-11-17(23)20(24)19(12-15)32-9-4-10-33(2,30)31/h3,6-7,11-14H,4-5,8-10H2,1-2H3. The van der Waals surface area contributed by atoms with Gasteiger partial charge in [0, 0.05) is 61.2 Å². The lowest BCUT2D eigenvalue weighted by molar-refractivity contribution is 0.295. The molecule has 1 unspecified atom stereocenters. The minimum Gasteiger partial charge on any atom is -0.490 e. The molecule has 0 saturated carbocycles. The molecule has 3 aromatic rings. The van der Waals surface area contributed by atoms with E-state index in [0.29, 0.717) is 30.3 Å². The van der Waals surface area contributed by atoms with E-state index in [1.807, 2.05) is 11.8 Å². The summed E-state index contributed by atoms with van der Waals surface area (Å²) in [5, 5.41) is 0. The van der Waals surface area contributed by atoms with Crippen LogP contribution in [0.15, 0.2) is 36.8 Å². The molecule has 3 heterocycles. The fraction of sp³-hybridized carbons (Fsp3) is 0.364. The molecule has 11 heteroatoms. The van der Waals surface area contributed by atoms with Crippen LogP contribution in [0.25, 0.3) is 11.6 Å². The fourth-order valence-electron chi connectivity index (χ4n) is 3.76. The minimum atomic E-state index is -3.15. The van der Waals surface area contributed by atoms with Gasteiger partial charge in [0.2, 0.25) is 5.82 Å². The molecule has 1 atom stereocenters. The van der Waals surface area contributed by atoms with Crippen molar-refractivity contribution in [3.05, 3.63) is 59.7 Å². The van der Waals surface area contributed by atoms with E-state index in [2.05, 4.69) is 19.9 Å². The second-order valence-corrected chi connectivity index (χ2v) is 10.1. The van der Waals surface area contributed by atoms with Gasteiger partial charge in [-0.05, 0) is 19.4 Å². The van der Waals surface area contributed by atoms with Crippen LogP contribution in [-0.4, -0.2) is 53.5 Å². The normalized spacial score (nSPS) is 15.9. The molecular weight excluding hydrogens is 452 g/mol. The number of fused-ring (bicyclic) bond motifs is 1. The van der Waals surface area contributed by atoms with Crippen LogP contribution in [0.1, 0.15) is 30.6 Å². The molecule has 0 spiro atoms. The molecule has 2 aromatic heterocycles. The first-order valence-electron chi connectivity index (χ1n) is 10.4. The molecule has 0 bridgehead atoms. The Morgan fingerprint density at radius 2 is 1.91 bits per heavy atom. The quantitative estimate of drug-likeness (QED) is 0.481. The highest BCUT2D eigenvalue weighted by atomic mass is 32.2. The van der Waals surface area contributed by atoms with E-state index in [1.54, 1.807) is 24.7 Å². The van der Waals surface area contributed by atoms with Gasteiger partial charge >= 0.3 is 0 Å². The summed E-state index contributed by atoms with van der Waals surface area (Å²) in [5.74, 6) is -1.59. The number of hydrogen-bond acceptors (Lipinski definition) is 8. The number of ether oxygens (including phenoxy) is 1. The van der Waals surface area contributed by atoms with Crippen molar-refractivity contribution in [2.24, 2.45) is 0 Å². The number of benzene rings is 1. The van der Waals surface area contributed by atoms with Crippen LogP contribution < -0.4 is 9.64 Å². The highest BCUT2D eigenvalue weighted by Crippen LogP contribution is 2.36. The van der Waals surface area contributed by atoms with E-state index < -0.39 is 21.5 Å². The Labute approximate surface area is 190 Å². The third-order valence-electron chi connectivity index (χ3n) is 5.40. The van der Waals surface area contributed by atoms with Gasteiger partial charge in [-0.25, -0.2) is 32.7 Å². The molecule has 0 aliphatic carbocycles. The average Bonchev–Trinajstić information content (AvgIpc) is 2.79. The topological polar surface area (TPSA) is 98.2 Å². The summed E-state index contributed by atoms with van der Waals surface area (Å²) in [6.07, 6.45) is 6.84. The largest absolute Gasteiger partial charge is 0.490 e. The van der Waals surface area contributed by atoms with Gasteiger partial charge in [-0.3, -0.25) is 0 Å². The third-order valence-corrected chi connectivity index (χ3v) is 6.43. The number of nitrogens with zero attached hydrogens (tertiary/aromatic N) is 5. The lowest BCUT2D eigenvalue weighted by Gasteiger charge is -2.36. The van der Waals surface area contributed by atoms with Gasteiger partial charge in [0.05, 0.1) is 24.1 Å².